The van der Waals surface area contributed by atoms with Crippen molar-refractivity contribution in [3.63, 3.8) is 0 Å². The van der Waals surface area contributed by atoms with Crippen molar-refractivity contribution in [2.24, 2.45) is 5.14 Å². The molecule has 0 aliphatic carbocycles. The molecule has 0 saturated carbocycles. The van der Waals surface area contributed by atoms with Crippen molar-refractivity contribution in [2.45, 2.75) is 5.16 Å². The van der Waals surface area contributed by atoms with Gasteiger partial charge in [0.1, 0.15) is 12.0 Å². The Bertz CT molecular complexity index is 545. The monoisotopic (exact) mass is 198 g/mol. The highest BCUT2D eigenvalue weighted by atomic mass is 32.2. The van der Waals surface area contributed by atoms with Crippen LogP contribution in [0, 0.1) is 0 Å². The van der Waals surface area contributed by atoms with Crippen LogP contribution in [0.2, 0.25) is 0 Å². The van der Waals surface area contributed by atoms with Crippen molar-refractivity contribution in [2.75, 3.05) is 0 Å². The molecule has 0 aliphatic heterocycles. The standard InChI is InChI=1S/C6H6N4O2S/c7-13(11,12)6-8-4-10-3-1-2-5(10)9-6/h1-4H,(H2,7,11,12). The molecule has 0 radical (unpaired) electrons. The van der Waals surface area contributed by atoms with Crippen LogP contribution in [0.4, 0.5) is 0 Å². The lowest BCUT2D eigenvalue weighted by Gasteiger charge is -1.96. The van der Waals surface area contributed by atoms with E-state index in [1.165, 1.54) is 6.33 Å². The molecule has 0 amide bonds. The molecule has 68 valence electrons. The summed E-state index contributed by atoms with van der Waals surface area (Å²) in [6.45, 7) is 0. The molecule has 2 aromatic rings. The summed E-state index contributed by atoms with van der Waals surface area (Å²) in [7, 11) is -3.81. The van der Waals surface area contributed by atoms with Crippen LogP contribution in [0.25, 0.3) is 5.65 Å². The fourth-order valence-corrected chi connectivity index (χ4v) is 1.37. The van der Waals surface area contributed by atoms with Crippen molar-refractivity contribution in [1.29, 1.82) is 0 Å². The van der Waals surface area contributed by atoms with Gasteiger partial charge in [0.25, 0.3) is 15.2 Å². The van der Waals surface area contributed by atoms with E-state index in [1.807, 2.05) is 0 Å². The summed E-state index contributed by atoms with van der Waals surface area (Å²) in [4.78, 5) is 7.33. The Morgan fingerprint density at radius 1 is 1.46 bits per heavy atom. The summed E-state index contributed by atoms with van der Waals surface area (Å²) in [6.07, 6.45) is 3.06. The number of sulfonamides is 1. The van der Waals surface area contributed by atoms with Crippen LogP contribution >= 0.6 is 0 Å². The van der Waals surface area contributed by atoms with Gasteiger partial charge in [0, 0.05) is 6.20 Å². The van der Waals surface area contributed by atoms with Gasteiger partial charge in [0.2, 0.25) is 0 Å². The van der Waals surface area contributed by atoms with Gasteiger partial charge in [-0.05, 0) is 12.1 Å². The van der Waals surface area contributed by atoms with Gasteiger partial charge in [0.15, 0.2) is 0 Å². The highest BCUT2D eigenvalue weighted by Gasteiger charge is 2.11. The van der Waals surface area contributed by atoms with E-state index in [1.54, 1.807) is 22.7 Å². The summed E-state index contributed by atoms with van der Waals surface area (Å²) in [5.41, 5.74) is 0.499. The van der Waals surface area contributed by atoms with E-state index in [4.69, 9.17) is 5.14 Å². The number of primary sulfonamides is 1. The Morgan fingerprint density at radius 3 is 2.92 bits per heavy atom. The zero-order valence-electron chi connectivity index (χ0n) is 6.45. The van der Waals surface area contributed by atoms with Gasteiger partial charge in [-0.3, -0.25) is 4.40 Å². The molecular weight excluding hydrogens is 192 g/mol. The number of rotatable bonds is 1. The van der Waals surface area contributed by atoms with Crippen LogP contribution in [0.3, 0.4) is 0 Å². The Labute approximate surface area is 74.1 Å². The van der Waals surface area contributed by atoms with Crippen LogP contribution < -0.4 is 5.14 Å². The smallest absolute Gasteiger partial charge is 0.273 e. The molecule has 0 saturated heterocycles. The predicted molar refractivity (Wildman–Crippen MR) is 44.4 cm³/mol. The maximum absolute atomic E-state index is 10.8. The molecule has 0 spiro atoms. The normalized spacial score (nSPS) is 12.1. The van der Waals surface area contributed by atoms with Gasteiger partial charge >= 0.3 is 0 Å². The van der Waals surface area contributed by atoms with Crippen molar-refractivity contribution in [3.05, 3.63) is 24.7 Å². The summed E-state index contributed by atoms with van der Waals surface area (Å²) >= 11 is 0. The molecule has 2 aromatic heterocycles. The van der Waals surface area contributed by atoms with E-state index in [2.05, 4.69) is 9.97 Å². The van der Waals surface area contributed by atoms with Gasteiger partial charge in [-0.25, -0.2) is 18.5 Å². The van der Waals surface area contributed by atoms with Crippen LogP contribution in [-0.2, 0) is 10.0 Å². The molecule has 6 nitrogen and oxygen atoms in total. The highest BCUT2D eigenvalue weighted by Crippen LogP contribution is 2.02. The first kappa shape index (κ1) is 8.14. The SMILES string of the molecule is NS(=O)(=O)c1ncn2cccc2n1. The van der Waals surface area contributed by atoms with Crippen molar-refractivity contribution >= 4 is 15.7 Å². The summed E-state index contributed by atoms with van der Waals surface area (Å²) in [6, 6.07) is 3.40. The van der Waals surface area contributed by atoms with Gasteiger partial charge in [-0.2, -0.15) is 4.98 Å². The molecule has 0 fully saturated rings. The van der Waals surface area contributed by atoms with Crippen LogP contribution in [0.15, 0.2) is 29.8 Å². The molecule has 2 rings (SSSR count). The summed E-state index contributed by atoms with van der Waals surface area (Å²) in [5.74, 6) is 0. The van der Waals surface area contributed by atoms with E-state index < -0.39 is 10.0 Å². The second kappa shape index (κ2) is 2.51. The molecule has 13 heavy (non-hydrogen) atoms. The molecule has 7 heteroatoms. The molecule has 0 atom stereocenters. The van der Waals surface area contributed by atoms with Crippen molar-refractivity contribution < 1.29 is 8.42 Å². The summed E-state index contributed by atoms with van der Waals surface area (Å²) in [5, 5.41) is 4.49. The average Bonchev–Trinajstić information content (AvgIpc) is 2.47. The van der Waals surface area contributed by atoms with Crippen molar-refractivity contribution in [1.82, 2.24) is 14.4 Å². The number of aromatic nitrogens is 3. The quantitative estimate of drug-likeness (QED) is 0.661. The fourth-order valence-electron chi connectivity index (χ4n) is 0.952. The van der Waals surface area contributed by atoms with E-state index in [0.717, 1.165) is 0 Å². The number of hydrogen-bond donors (Lipinski definition) is 1. The lowest BCUT2D eigenvalue weighted by molar-refractivity contribution is 0.588. The van der Waals surface area contributed by atoms with E-state index in [-0.39, 0.29) is 5.16 Å². The second-order valence-corrected chi connectivity index (χ2v) is 3.91. The molecule has 0 unspecified atom stereocenters. The van der Waals surface area contributed by atoms with Gasteiger partial charge in [0.05, 0.1) is 0 Å². The number of hydrogen-bond acceptors (Lipinski definition) is 4. The maximum Gasteiger partial charge on any atom is 0.273 e. The van der Waals surface area contributed by atoms with E-state index in [0.29, 0.717) is 5.65 Å². The van der Waals surface area contributed by atoms with Gasteiger partial charge in [-0.1, -0.05) is 0 Å². The Hall–Kier alpha value is -1.47. The Kier molecular flexibility index (Phi) is 1.57. The first-order chi connectivity index (χ1) is 6.07. The predicted octanol–water partition coefficient (Wildman–Crippen LogP) is -0.623. The minimum Gasteiger partial charge on any atom is -0.292 e. The molecular formula is C6H6N4O2S. The van der Waals surface area contributed by atoms with Crippen molar-refractivity contribution in [3.8, 4) is 0 Å². The third-order valence-corrected chi connectivity index (χ3v) is 2.22. The minimum atomic E-state index is -3.81. The first-order valence-corrected chi connectivity index (χ1v) is 4.94. The minimum absolute atomic E-state index is 0.362. The third-order valence-electron chi connectivity index (χ3n) is 1.51. The number of nitrogens with two attached hydrogens (primary N) is 1. The van der Waals surface area contributed by atoms with Gasteiger partial charge in [-0.15, -0.1) is 0 Å². The average molecular weight is 198 g/mol. The van der Waals surface area contributed by atoms with E-state index >= 15 is 0 Å². The van der Waals surface area contributed by atoms with Gasteiger partial charge < -0.3 is 0 Å². The molecule has 0 aromatic carbocycles. The molecule has 0 aliphatic rings. The Balaban J connectivity index is 2.75. The second-order valence-electron chi connectivity index (χ2n) is 2.46. The lowest BCUT2D eigenvalue weighted by Crippen LogP contribution is -2.16. The zero-order valence-corrected chi connectivity index (χ0v) is 7.27. The maximum atomic E-state index is 10.8. The fraction of sp³-hybridized carbons (Fsp3) is 0. The molecule has 2 N–H and O–H groups in total. The number of nitrogens with zero attached hydrogens (tertiary/aromatic N) is 3. The Morgan fingerprint density at radius 2 is 2.23 bits per heavy atom. The third kappa shape index (κ3) is 1.38. The molecule has 2 heterocycles. The summed E-state index contributed by atoms with van der Waals surface area (Å²) < 4.78 is 23.3. The lowest BCUT2D eigenvalue weighted by atomic mass is 10.6. The highest BCUT2D eigenvalue weighted by molar-refractivity contribution is 7.89. The molecule has 0 bridgehead atoms. The zero-order chi connectivity index (χ0) is 9.47. The van der Waals surface area contributed by atoms with Crippen LogP contribution in [-0.4, -0.2) is 22.8 Å². The topological polar surface area (TPSA) is 90.4 Å². The van der Waals surface area contributed by atoms with Crippen LogP contribution in [0.1, 0.15) is 0 Å². The number of fused-ring (bicyclic) bond motifs is 1. The first-order valence-electron chi connectivity index (χ1n) is 3.40. The van der Waals surface area contributed by atoms with E-state index in [9.17, 15) is 8.42 Å². The van der Waals surface area contributed by atoms with Crippen LogP contribution in [0.5, 0.6) is 0 Å². The largest absolute Gasteiger partial charge is 0.292 e.